The fourth-order valence-corrected chi connectivity index (χ4v) is 5.15. The number of halogens is 1. The van der Waals surface area contributed by atoms with Crippen molar-refractivity contribution < 1.29 is 22.0 Å². The first-order chi connectivity index (χ1) is 15.8. The lowest BCUT2D eigenvalue weighted by Gasteiger charge is -2.22. The van der Waals surface area contributed by atoms with Gasteiger partial charge < -0.3 is 9.32 Å². The Hall–Kier alpha value is -3.11. The van der Waals surface area contributed by atoms with E-state index in [1.165, 1.54) is 16.4 Å². The Kier molecular flexibility index (Phi) is 6.85. The Morgan fingerprint density at radius 1 is 1.00 bits per heavy atom. The molecule has 0 spiro atoms. The normalized spacial score (nSPS) is 15.4. The van der Waals surface area contributed by atoms with Gasteiger partial charge in [0.2, 0.25) is 27.7 Å². The van der Waals surface area contributed by atoms with Crippen LogP contribution in [0.5, 0.6) is 0 Å². The van der Waals surface area contributed by atoms with Crippen molar-refractivity contribution in [2.45, 2.75) is 31.1 Å². The molecule has 0 bridgehead atoms. The molecule has 0 radical (unpaired) electrons. The molecule has 2 aromatic carbocycles. The summed E-state index contributed by atoms with van der Waals surface area (Å²) in [5.74, 6) is 0.211. The first kappa shape index (κ1) is 23.1. The molecular weight excluding hydrogens is 447 g/mol. The van der Waals surface area contributed by atoms with E-state index in [0.717, 1.165) is 23.3 Å². The molecule has 1 aromatic heterocycles. The van der Waals surface area contributed by atoms with Crippen molar-refractivity contribution in [1.29, 1.82) is 0 Å². The van der Waals surface area contributed by atoms with Gasteiger partial charge in [0.05, 0.1) is 4.90 Å². The monoisotopic (exact) mass is 472 g/mol. The average molecular weight is 473 g/mol. The van der Waals surface area contributed by atoms with E-state index in [2.05, 4.69) is 10.2 Å². The molecule has 1 aliphatic heterocycles. The number of aryl methyl sites for hydroxylation is 2. The van der Waals surface area contributed by atoms with Crippen molar-refractivity contribution in [3.05, 3.63) is 65.8 Å². The third-order valence-corrected chi connectivity index (χ3v) is 7.49. The fraction of sp³-hybridized carbons (Fsp3) is 0.348. The zero-order chi connectivity index (χ0) is 23.4. The van der Waals surface area contributed by atoms with Crippen LogP contribution in [0.15, 0.2) is 57.8 Å². The van der Waals surface area contributed by atoms with Crippen molar-refractivity contribution in [2.75, 3.05) is 26.2 Å². The van der Waals surface area contributed by atoms with E-state index in [9.17, 15) is 17.6 Å². The first-order valence-electron chi connectivity index (χ1n) is 10.8. The molecule has 1 amide bonds. The molecule has 4 rings (SSSR count). The SMILES string of the molecule is Cc1ccc(-c2nnc(CCC(=O)N3CCCN(S(=O)(=O)c4ccc(F)cc4)CC3)o2)cc1. The molecule has 1 fully saturated rings. The van der Waals surface area contributed by atoms with Crippen molar-refractivity contribution >= 4 is 15.9 Å². The van der Waals surface area contributed by atoms with Gasteiger partial charge in [-0.3, -0.25) is 4.79 Å². The summed E-state index contributed by atoms with van der Waals surface area (Å²) in [5, 5.41) is 8.09. The highest BCUT2D eigenvalue weighted by atomic mass is 32.2. The Bertz CT molecular complexity index is 1210. The number of benzene rings is 2. The van der Waals surface area contributed by atoms with E-state index < -0.39 is 15.8 Å². The first-order valence-corrected chi connectivity index (χ1v) is 12.2. The highest BCUT2D eigenvalue weighted by Gasteiger charge is 2.28. The molecule has 0 unspecified atom stereocenters. The summed E-state index contributed by atoms with van der Waals surface area (Å²) in [5.41, 5.74) is 1.95. The second-order valence-electron chi connectivity index (χ2n) is 7.96. The third-order valence-electron chi connectivity index (χ3n) is 5.58. The van der Waals surface area contributed by atoms with Crippen LogP contribution in [0, 0.1) is 12.7 Å². The zero-order valence-electron chi connectivity index (χ0n) is 18.3. The number of carbonyl (C=O) groups is 1. The molecule has 0 aliphatic carbocycles. The predicted octanol–water partition coefficient (Wildman–Crippen LogP) is 3.04. The number of carbonyl (C=O) groups excluding carboxylic acids is 1. The van der Waals surface area contributed by atoms with Gasteiger partial charge in [0.25, 0.3) is 0 Å². The van der Waals surface area contributed by atoms with E-state index in [-0.39, 0.29) is 30.3 Å². The minimum Gasteiger partial charge on any atom is -0.421 e. The van der Waals surface area contributed by atoms with E-state index in [1.807, 2.05) is 31.2 Å². The molecule has 3 aromatic rings. The lowest BCUT2D eigenvalue weighted by Crippen LogP contribution is -2.37. The van der Waals surface area contributed by atoms with Crippen molar-refractivity contribution in [3.8, 4) is 11.5 Å². The maximum atomic E-state index is 13.2. The molecule has 1 aliphatic rings. The Morgan fingerprint density at radius 3 is 2.45 bits per heavy atom. The van der Waals surface area contributed by atoms with E-state index in [4.69, 9.17) is 4.42 Å². The second-order valence-corrected chi connectivity index (χ2v) is 9.90. The fourth-order valence-electron chi connectivity index (χ4n) is 3.68. The summed E-state index contributed by atoms with van der Waals surface area (Å²) in [7, 11) is -3.74. The molecule has 33 heavy (non-hydrogen) atoms. The molecule has 0 atom stereocenters. The van der Waals surface area contributed by atoms with Gasteiger partial charge in [0, 0.05) is 44.6 Å². The van der Waals surface area contributed by atoms with Crippen LogP contribution in [0.3, 0.4) is 0 Å². The maximum Gasteiger partial charge on any atom is 0.247 e. The number of aromatic nitrogens is 2. The third kappa shape index (κ3) is 5.45. The summed E-state index contributed by atoms with van der Waals surface area (Å²) in [6.45, 7) is 3.23. The number of sulfonamides is 1. The standard InChI is InChI=1S/C23H25FN4O4S/c1-17-3-5-18(6-4-17)23-26-25-21(32-23)11-12-22(29)27-13-2-14-28(16-15-27)33(30,31)20-9-7-19(24)8-10-20/h3-10H,2,11-16H2,1H3. The van der Waals surface area contributed by atoms with Gasteiger partial charge in [-0.25, -0.2) is 12.8 Å². The van der Waals surface area contributed by atoms with Crippen LogP contribution in [0.4, 0.5) is 4.39 Å². The smallest absolute Gasteiger partial charge is 0.247 e. The predicted molar refractivity (Wildman–Crippen MR) is 119 cm³/mol. The van der Waals surface area contributed by atoms with Crippen LogP contribution in [0.25, 0.3) is 11.5 Å². The minimum absolute atomic E-state index is 0.0458. The van der Waals surface area contributed by atoms with Gasteiger partial charge in [0.15, 0.2) is 0 Å². The molecule has 10 heteroatoms. The van der Waals surface area contributed by atoms with Crippen LogP contribution in [-0.2, 0) is 21.2 Å². The second kappa shape index (κ2) is 9.80. The van der Waals surface area contributed by atoms with Crippen molar-refractivity contribution in [3.63, 3.8) is 0 Å². The number of nitrogens with zero attached hydrogens (tertiary/aromatic N) is 4. The van der Waals surface area contributed by atoms with Crippen molar-refractivity contribution in [2.24, 2.45) is 0 Å². The van der Waals surface area contributed by atoms with Crippen LogP contribution < -0.4 is 0 Å². The average Bonchev–Trinajstić information content (AvgIpc) is 3.13. The summed E-state index contributed by atoms with van der Waals surface area (Å²) < 4.78 is 45.9. The number of rotatable bonds is 6. The van der Waals surface area contributed by atoms with E-state index in [1.54, 1.807) is 4.90 Å². The molecule has 2 heterocycles. The molecule has 8 nitrogen and oxygen atoms in total. The summed E-state index contributed by atoms with van der Waals surface area (Å²) in [4.78, 5) is 14.4. The number of hydrogen-bond donors (Lipinski definition) is 0. The quantitative estimate of drug-likeness (QED) is 0.547. The summed E-state index contributed by atoms with van der Waals surface area (Å²) in [6.07, 6.45) is 1.02. The molecule has 0 saturated carbocycles. The van der Waals surface area contributed by atoms with Crippen molar-refractivity contribution in [1.82, 2.24) is 19.4 Å². The summed E-state index contributed by atoms with van der Waals surface area (Å²) in [6, 6.07) is 12.5. The van der Waals surface area contributed by atoms with Gasteiger partial charge in [-0.15, -0.1) is 10.2 Å². The van der Waals surface area contributed by atoms with Gasteiger partial charge in [0.1, 0.15) is 5.82 Å². The van der Waals surface area contributed by atoms with Crippen LogP contribution in [-0.4, -0.2) is 59.9 Å². The van der Waals surface area contributed by atoms with Crippen LogP contribution >= 0.6 is 0 Å². The zero-order valence-corrected chi connectivity index (χ0v) is 19.1. The van der Waals surface area contributed by atoms with Crippen LogP contribution in [0.2, 0.25) is 0 Å². The van der Waals surface area contributed by atoms with Crippen LogP contribution in [0.1, 0.15) is 24.3 Å². The van der Waals surface area contributed by atoms with E-state index >= 15 is 0 Å². The highest BCUT2D eigenvalue weighted by Crippen LogP contribution is 2.20. The molecule has 174 valence electrons. The van der Waals surface area contributed by atoms with Gasteiger partial charge >= 0.3 is 0 Å². The largest absolute Gasteiger partial charge is 0.421 e. The maximum absolute atomic E-state index is 13.2. The number of amides is 1. The topological polar surface area (TPSA) is 96.6 Å². The highest BCUT2D eigenvalue weighted by molar-refractivity contribution is 7.89. The number of hydrogen-bond acceptors (Lipinski definition) is 6. The van der Waals surface area contributed by atoms with Gasteiger partial charge in [-0.1, -0.05) is 17.7 Å². The van der Waals surface area contributed by atoms with Gasteiger partial charge in [-0.05, 0) is 49.7 Å². The van der Waals surface area contributed by atoms with Gasteiger partial charge in [-0.2, -0.15) is 4.31 Å². The Morgan fingerprint density at radius 2 is 1.73 bits per heavy atom. The molecule has 1 saturated heterocycles. The Balaban J connectivity index is 1.33. The Labute approximate surface area is 192 Å². The summed E-state index contributed by atoms with van der Waals surface area (Å²) >= 11 is 0. The molecular formula is C23H25FN4O4S. The molecule has 0 N–H and O–H groups in total. The minimum atomic E-state index is -3.74. The lowest BCUT2D eigenvalue weighted by atomic mass is 10.1. The van der Waals surface area contributed by atoms with E-state index in [0.29, 0.717) is 37.7 Å². The lowest BCUT2D eigenvalue weighted by molar-refractivity contribution is -0.131.